The van der Waals surface area contributed by atoms with Gasteiger partial charge in [0.05, 0.1) is 32.3 Å². The van der Waals surface area contributed by atoms with E-state index in [1.54, 1.807) is 45.3 Å². The topological polar surface area (TPSA) is 77.5 Å². The highest BCUT2D eigenvalue weighted by Gasteiger charge is 2.50. The second-order valence-corrected chi connectivity index (χ2v) is 49.0. The molecule has 0 radical (unpaired) electrons. The van der Waals surface area contributed by atoms with E-state index in [2.05, 4.69) is 127 Å². The van der Waals surface area contributed by atoms with Crippen molar-refractivity contribution in [1.29, 1.82) is 0 Å². The van der Waals surface area contributed by atoms with Crippen molar-refractivity contribution >= 4 is 138 Å². The van der Waals surface area contributed by atoms with E-state index in [9.17, 15) is 0 Å². The lowest BCUT2D eigenvalue weighted by Crippen LogP contribution is -2.52. The molecule has 0 aromatic carbocycles. The molecule has 0 spiro atoms. The van der Waals surface area contributed by atoms with Gasteiger partial charge in [-0.05, 0) is 152 Å². The molecule has 306 valence electrons. The fourth-order valence-corrected chi connectivity index (χ4v) is 37.4. The highest BCUT2D eigenvalue weighted by Crippen LogP contribution is 2.51. The molecule has 0 unspecified atom stereocenters. The summed E-state index contributed by atoms with van der Waals surface area (Å²) in [5, 5.41) is 4.21. The van der Waals surface area contributed by atoms with Crippen LogP contribution in [0.2, 0.25) is 104 Å². The molecule has 4 aromatic heterocycles. The SMILES string of the molecule is C[Si](C)(C)O[Si](C)(CCCN1C(=O)C2=C(c3cc4sccc4s3)N(CCC[Si](C)(O[Si](C)(C)C)O[Si](C)(C)C)C(=O)C2=C1c1cc2sccc2s1)O[Si](C)(C)C. The molecule has 6 rings (SSSR count). The summed E-state index contributed by atoms with van der Waals surface area (Å²) in [5.74, 6) is -0.170. The van der Waals surface area contributed by atoms with Crippen molar-refractivity contribution in [3.8, 4) is 0 Å². The highest BCUT2D eigenvalue weighted by molar-refractivity contribution is 7.28. The molecule has 0 aliphatic carbocycles. The maximum atomic E-state index is 15.1. The molecule has 56 heavy (non-hydrogen) atoms. The van der Waals surface area contributed by atoms with Gasteiger partial charge in [0, 0.05) is 31.9 Å². The van der Waals surface area contributed by atoms with Crippen LogP contribution >= 0.6 is 45.3 Å². The first-order valence-electron chi connectivity index (χ1n) is 19.6. The molecule has 0 N–H and O–H groups in total. The van der Waals surface area contributed by atoms with Crippen LogP contribution in [0.25, 0.3) is 30.2 Å². The predicted molar refractivity (Wildman–Crippen MR) is 256 cm³/mol. The molecule has 18 heteroatoms. The number of carbonyl (C=O) groups excluding carboxylic acids is 2. The average molecular weight is 938 g/mol. The monoisotopic (exact) mass is 936 g/mol. The molecule has 0 bridgehead atoms. The van der Waals surface area contributed by atoms with Crippen LogP contribution in [0, 0.1) is 0 Å². The minimum atomic E-state index is -2.55. The lowest BCUT2D eigenvalue weighted by molar-refractivity contribution is -0.124. The summed E-state index contributed by atoms with van der Waals surface area (Å²) in [7, 11) is -12.7. The Morgan fingerprint density at radius 2 is 0.821 bits per heavy atom. The number of fused-ring (bicyclic) bond motifs is 3. The Kier molecular flexibility index (Phi) is 12.7. The van der Waals surface area contributed by atoms with Gasteiger partial charge in [-0.1, -0.05) is 0 Å². The molecule has 0 atom stereocenters. The summed E-state index contributed by atoms with van der Waals surface area (Å²) in [6, 6.07) is 10.2. The lowest BCUT2D eigenvalue weighted by Gasteiger charge is -2.39. The summed E-state index contributed by atoms with van der Waals surface area (Å²) >= 11 is 6.73. The standard InChI is InChI=1S/C38H60N2O6S4Si6/c1-51(2,3)43-55(13,44-52(4,5)6)23-15-19-39-35(31-25-29-27(49-31)17-21-47-29)33-34(37(39)41)36(32-26-30-28(50-32)18-22-48-30)40(38(33)42)20-16-24-56(14,45-53(7,8)9)46-54(10,11)12/h17-18,21-22,25-26H,15-16,19-20,23-24H2,1-14H3. The van der Waals surface area contributed by atoms with Crippen LogP contribution in [-0.2, 0) is 26.0 Å². The average Bonchev–Trinajstić information content (AvgIpc) is 3.81. The summed E-state index contributed by atoms with van der Waals surface area (Å²) in [6.07, 6.45) is 1.46. The zero-order valence-electron chi connectivity index (χ0n) is 35.7. The van der Waals surface area contributed by atoms with Gasteiger partial charge in [0.1, 0.15) is 0 Å². The van der Waals surface area contributed by atoms with E-state index < -0.39 is 50.4 Å². The zero-order chi connectivity index (χ0) is 41.2. The maximum absolute atomic E-state index is 15.1. The van der Waals surface area contributed by atoms with Crippen molar-refractivity contribution < 1.29 is 26.0 Å². The van der Waals surface area contributed by atoms with Crippen LogP contribution in [0.5, 0.6) is 0 Å². The van der Waals surface area contributed by atoms with Gasteiger partial charge < -0.3 is 26.3 Å². The summed E-state index contributed by atoms with van der Waals surface area (Å²) in [6.45, 7) is 32.1. The number of hydrogen-bond acceptors (Lipinski definition) is 10. The molecule has 0 saturated carbocycles. The third-order valence-electron chi connectivity index (χ3n) is 9.04. The number of rotatable bonds is 18. The van der Waals surface area contributed by atoms with Crippen LogP contribution in [0.4, 0.5) is 0 Å². The largest absolute Gasteiger partial charge is 0.437 e. The molecule has 6 heterocycles. The molecule has 2 amide bonds. The first-order chi connectivity index (χ1) is 25.7. The lowest BCUT2D eigenvalue weighted by atomic mass is 10.1. The van der Waals surface area contributed by atoms with E-state index >= 15 is 9.59 Å². The van der Waals surface area contributed by atoms with Gasteiger partial charge in [-0.15, -0.1) is 45.3 Å². The Morgan fingerprint density at radius 1 is 0.500 bits per heavy atom. The third kappa shape index (κ3) is 10.4. The Bertz CT molecular complexity index is 1940. The molecular weight excluding hydrogens is 877 g/mol. The van der Waals surface area contributed by atoms with Crippen LogP contribution in [0.3, 0.4) is 0 Å². The minimum absolute atomic E-state index is 0.0849. The summed E-state index contributed by atoms with van der Waals surface area (Å²) < 4.78 is 32.1. The van der Waals surface area contributed by atoms with Gasteiger partial charge in [0.15, 0.2) is 33.3 Å². The van der Waals surface area contributed by atoms with E-state index in [1.165, 1.54) is 18.8 Å². The van der Waals surface area contributed by atoms with Gasteiger partial charge in [-0.2, -0.15) is 0 Å². The third-order valence-corrected chi connectivity index (χ3v) is 32.5. The van der Waals surface area contributed by atoms with E-state index in [-0.39, 0.29) is 11.8 Å². The first-order valence-corrected chi connectivity index (χ1v) is 41.7. The zero-order valence-corrected chi connectivity index (χ0v) is 44.9. The normalized spacial score (nSPS) is 16.6. The number of nitrogens with zero attached hydrogens (tertiary/aromatic N) is 2. The van der Waals surface area contributed by atoms with Crippen molar-refractivity contribution in [3.63, 3.8) is 0 Å². The summed E-state index contributed by atoms with van der Waals surface area (Å²) in [5.41, 5.74) is 2.60. The Balaban J connectivity index is 1.40. The number of thiophene rings is 4. The van der Waals surface area contributed by atoms with Gasteiger partial charge in [-0.3, -0.25) is 9.59 Å². The van der Waals surface area contributed by atoms with Gasteiger partial charge in [0.25, 0.3) is 11.8 Å². The molecule has 2 aliphatic rings. The molecule has 0 fully saturated rings. The van der Waals surface area contributed by atoms with Gasteiger partial charge in [-0.25, -0.2) is 0 Å². The van der Waals surface area contributed by atoms with Crippen molar-refractivity contribution in [2.75, 3.05) is 13.1 Å². The van der Waals surface area contributed by atoms with Crippen molar-refractivity contribution in [2.24, 2.45) is 0 Å². The van der Waals surface area contributed by atoms with Crippen molar-refractivity contribution in [1.82, 2.24) is 9.80 Å². The fraction of sp³-hybridized carbons (Fsp3) is 0.526. The first kappa shape index (κ1) is 44.4. The molecule has 2 aliphatic heterocycles. The maximum Gasteiger partial charge on any atom is 0.314 e. The van der Waals surface area contributed by atoms with Gasteiger partial charge >= 0.3 is 17.1 Å². The molecule has 8 nitrogen and oxygen atoms in total. The van der Waals surface area contributed by atoms with E-state index in [1.807, 2.05) is 9.80 Å². The van der Waals surface area contributed by atoms with E-state index in [0.29, 0.717) is 24.2 Å². The van der Waals surface area contributed by atoms with Crippen molar-refractivity contribution in [3.05, 3.63) is 55.9 Å². The number of carbonyl (C=O) groups is 2. The van der Waals surface area contributed by atoms with E-state index in [4.69, 9.17) is 16.5 Å². The second kappa shape index (κ2) is 16.1. The Hall–Kier alpha value is -1.12. The Morgan fingerprint density at radius 3 is 1.11 bits per heavy atom. The molecule has 0 saturated heterocycles. The van der Waals surface area contributed by atoms with Crippen LogP contribution in [0.1, 0.15) is 22.6 Å². The Labute approximate surface area is 356 Å². The number of hydrogen-bond donors (Lipinski definition) is 0. The number of amides is 2. The smallest absolute Gasteiger partial charge is 0.314 e. The molecular formula is C38H60N2O6S4Si6. The quantitative estimate of drug-likeness (QED) is 0.0925. The second-order valence-electron chi connectivity index (χ2n) is 19.2. The van der Waals surface area contributed by atoms with Crippen LogP contribution < -0.4 is 0 Å². The summed E-state index contributed by atoms with van der Waals surface area (Å²) in [4.78, 5) is 36.0. The predicted octanol–water partition coefficient (Wildman–Crippen LogP) is 12.4. The van der Waals surface area contributed by atoms with Crippen molar-refractivity contribution in [2.45, 2.75) is 117 Å². The highest BCUT2D eigenvalue weighted by atomic mass is 32.1. The van der Waals surface area contributed by atoms with Crippen LogP contribution in [-0.4, -0.2) is 85.1 Å². The molecule has 4 aromatic rings. The van der Waals surface area contributed by atoms with Crippen LogP contribution in [0.15, 0.2) is 46.2 Å². The minimum Gasteiger partial charge on any atom is -0.437 e. The fourth-order valence-electron chi connectivity index (χ4n) is 8.05. The van der Waals surface area contributed by atoms with E-state index in [0.717, 1.165) is 46.1 Å². The van der Waals surface area contributed by atoms with Gasteiger partial charge in [0.2, 0.25) is 0 Å².